The number of hydrogen-bond acceptors (Lipinski definition) is 4. The second-order valence-electron chi connectivity index (χ2n) is 5.27. The maximum Gasteiger partial charge on any atom is 0.242 e. The van der Waals surface area contributed by atoms with E-state index in [0.29, 0.717) is 13.2 Å². The first-order valence-electron chi connectivity index (χ1n) is 6.12. The minimum Gasteiger partial charge on any atom is -0.398 e. The van der Waals surface area contributed by atoms with Crippen LogP contribution in [0.4, 0.5) is 5.69 Å². The van der Waals surface area contributed by atoms with Gasteiger partial charge in [-0.05, 0) is 24.0 Å². The molecule has 0 atom stereocenters. The zero-order valence-electron chi connectivity index (χ0n) is 11.6. The molecular weight excluding hydrogens is 264 g/mol. The summed E-state index contributed by atoms with van der Waals surface area (Å²) in [6.45, 7) is 4.92. The van der Waals surface area contributed by atoms with Crippen LogP contribution < -0.4 is 10.5 Å². The number of hydrogen-bond donors (Lipinski definition) is 2. The van der Waals surface area contributed by atoms with Gasteiger partial charge in [-0.15, -0.1) is 0 Å². The molecule has 0 spiro atoms. The van der Waals surface area contributed by atoms with Gasteiger partial charge in [0.15, 0.2) is 0 Å². The third-order valence-corrected chi connectivity index (χ3v) is 4.41. The molecule has 3 N–H and O–H groups in total. The highest BCUT2D eigenvalue weighted by molar-refractivity contribution is 7.89. The van der Waals surface area contributed by atoms with Crippen LogP contribution in [0.15, 0.2) is 29.2 Å². The number of nitrogen functional groups attached to an aromatic ring is 1. The second-order valence-corrected chi connectivity index (χ2v) is 7.00. The second kappa shape index (κ2) is 6.36. The Hall–Kier alpha value is -1.11. The predicted octanol–water partition coefficient (Wildman–Crippen LogP) is 1.61. The average molecular weight is 286 g/mol. The molecule has 1 aromatic rings. The first-order valence-corrected chi connectivity index (χ1v) is 7.60. The standard InChI is InChI=1S/C13H22N2O3S/c1-13(2,8-9-18-3)10-15-19(16,17)12-7-5-4-6-11(12)14/h4-7,15H,8-10,14H2,1-3H3. The number of ether oxygens (including phenoxy) is 1. The van der Waals surface area contributed by atoms with Gasteiger partial charge in [0.25, 0.3) is 0 Å². The van der Waals surface area contributed by atoms with Crippen LogP contribution in [0.1, 0.15) is 20.3 Å². The molecule has 0 saturated heterocycles. The molecule has 0 aliphatic carbocycles. The van der Waals surface area contributed by atoms with Crippen LogP contribution in [-0.4, -0.2) is 28.7 Å². The summed E-state index contributed by atoms with van der Waals surface area (Å²) in [5.74, 6) is 0. The van der Waals surface area contributed by atoms with Gasteiger partial charge in [0.05, 0.1) is 5.69 Å². The van der Waals surface area contributed by atoms with Crippen molar-refractivity contribution in [3.8, 4) is 0 Å². The maximum atomic E-state index is 12.2. The van der Waals surface area contributed by atoms with Crippen LogP contribution in [-0.2, 0) is 14.8 Å². The summed E-state index contributed by atoms with van der Waals surface area (Å²) < 4.78 is 31.9. The van der Waals surface area contributed by atoms with Crippen LogP contribution in [0.3, 0.4) is 0 Å². The quantitative estimate of drug-likeness (QED) is 0.746. The van der Waals surface area contributed by atoms with E-state index in [0.717, 1.165) is 6.42 Å². The van der Waals surface area contributed by atoms with Crippen molar-refractivity contribution in [3.05, 3.63) is 24.3 Å². The van der Waals surface area contributed by atoms with Gasteiger partial charge in [-0.1, -0.05) is 26.0 Å². The topological polar surface area (TPSA) is 81.4 Å². The summed E-state index contributed by atoms with van der Waals surface area (Å²) >= 11 is 0. The lowest BCUT2D eigenvalue weighted by molar-refractivity contribution is 0.153. The Labute approximate surface area is 115 Å². The molecule has 0 aliphatic rings. The third kappa shape index (κ3) is 4.81. The normalized spacial score (nSPS) is 12.6. The van der Waals surface area contributed by atoms with Crippen molar-refractivity contribution in [2.45, 2.75) is 25.2 Å². The van der Waals surface area contributed by atoms with Gasteiger partial charge in [0, 0.05) is 20.3 Å². The van der Waals surface area contributed by atoms with Crippen molar-refractivity contribution in [3.63, 3.8) is 0 Å². The molecule has 0 amide bonds. The van der Waals surface area contributed by atoms with Crippen molar-refractivity contribution in [2.75, 3.05) is 26.0 Å². The molecule has 19 heavy (non-hydrogen) atoms. The summed E-state index contributed by atoms with van der Waals surface area (Å²) in [6, 6.07) is 6.43. The van der Waals surface area contributed by atoms with Crippen LogP contribution in [0.2, 0.25) is 0 Å². The lowest BCUT2D eigenvalue weighted by Crippen LogP contribution is -2.35. The van der Waals surface area contributed by atoms with E-state index in [4.69, 9.17) is 10.5 Å². The van der Waals surface area contributed by atoms with Crippen molar-refractivity contribution < 1.29 is 13.2 Å². The minimum absolute atomic E-state index is 0.123. The number of nitrogens with two attached hydrogens (primary N) is 1. The molecule has 0 aliphatic heterocycles. The number of sulfonamides is 1. The van der Waals surface area contributed by atoms with Gasteiger partial charge in [-0.2, -0.15) is 0 Å². The van der Waals surface area contributed by atoms with E-state index >= 15 is 0 Å². The first-order chi connectivity index (χ1) is 8.78. The van der Waals surface area contributed by atoms with E-state index in [1.807, 2.05) is 13.8 Å². The molecule has 108 valence electrons. The highest BCUT2D eigenvalue weighted by Crippen LogP contribution is 2.21. The third-order valence-electron chi connectivity index (χ3n) is 2.93. The molecule has 5 nitrogen and oxygen atoms in total. The summed E-state index contributed by atoms with van der Waals surface area (Å²) in [5.41, 5.74) is 5.77. The Morgan fingerprint density at radius 3 is 2.53 bits per heavy atom. The lowest BCUT2D eigenvalue weighted by Gasteiger charge is -2.24. The van der Waals surface area contributed by atoms with Gasteiger partial charge in [0.2, 0.25) is 10.0 Å². The zero-order chi connectivity index (χ0) is 14.5. The minimum atomic E-state index is -3.56. The molecule has 0 bridgehead atoms. The van der Waals surface area contributed by atoms with E-state index in [2.05, 4.69) is 4.72 Å². The van der Waals surface area contributed by atoms with Crippen molar-refractivity contribution in [1.29, 1.82) is 0 Å². The molecule has 0 fully saturated rings. The Morgan fingerprint density at radius 2 is 1.95 bits per heavy atom. The van der Waals surface area contributed by atoms with Crippen LogP contribution in [0, 0.1) is 5.41 Å². The smallest absolute Gasteiger partial charge is 0.242 e. The highest BCUT2D eigenvalue weighted by Gasteiger charge is 2.23. The first kappa shape index (κ1) is 15.9. The Balaban J connectivity index is 2.74. The zero-order valence-corrected chi connectivity index (χ0v) is 12.5. The summed E-state index contributed by atoms with van der Waals surface area (Å²) in [5, 5.41) is 0. The number of para-hydroxylation sites is 1. The Morgan fingerprint density at radius 1 is 1.32 bits per heavy atom. The molecule has 6 heteroatoms. The van der Waals surface area contributed by atoms with Gasteiger partial charge >= 0.3 is 0 Å². The van der Waals surface area contributed by atoms with E-state index in [1.54, 1.807) is 25.3 Å². The molecule has 0 saturated carbocycles. The molecule has 0 aromatic heterocycles. The van der Waals surface area contributed by atoms with Crippen molar-refractivity contribution >= 4 is 15.7 Å². The van der Waals surface area contributed by atoms with Crippen molar-refractivity contribution in [2.24, 2.45) is 5.41 Å². The fraction of sp³-hybridized carbons (Fsp3) is 0.538. The number of nitrogens with one attached hydrogen (secondary N) is 1. The summed E-state index contributed by atoms with van der Waals surface area (Å²) in [4.78, 5) is 0.123. The molecule has 1 rings (SSSR count). The lowest BCUT2D eigenvalue weighted by atomic mass is 9.90. The largest absolute Gasteiger partial charge is 0.398 e. The molecule has 1 aromatic carbocycles. The van der Waals surface area contributed by atoms with E-state index in [9.17, 15) is 8.42 Å². The van der Waals surface area contributed by atoms with Gasteiger partial charge < -0.3 is 10.5 Å². The van der Waals surface area contributed by atoms with Gasteiger partial charge in [0.1, 0.15) is 4.90 Å². The Kier molecular flexibility index (Phi) is 5.34. The average Bonchev–Trinajstić information content (AvgIpc) is 2.35. The molecule has 0 radical (unpaired) electrons. The van der Waals surface area contributed by atoms with Crippen LogP contribution >= 0.6 is 0 Å². The fourth-order valence-electron chi connectivity index (χ4n) is 1.56. The molecule has 0 heterocycles. The number of benzene rings is 1. The number of methoxy groups -OCH3 is 1. The monoisotopic (exact) mass is 286 g/mol. The van der Waals surface area contributed by atoms with Crippen molar-refractivity contribution in [1.82, 2.24) is 4.72 Å². The van der Waals surface area contributed by atoms with Gasteiger partial charge in [-0.25, -0.2) is 13.1 Å². The molecular formula is C13H22N2O3S. The van der Waals surface area contributed by atoms with Crippen LogP contribution in [0.5, 0.6) is 0 Å². The number of rotatable bonds is 7. The van der Waals surface area contributed by atoms with E-state index < -0.39 is 10.0 Å². The maximum absolute atomic E-state index is 12.2. The van der Waals surface area contributed by atoms with E-state index in [-0.39, 0.29) is 16.0 Å². The fourth-order valence-corrected chi connectivity index (χ4v) is 2.93. The molecule has 0 unspecified atom stereocenters. The Bertz CT molecular complexity index is 512. The summed E-state index contributed by atoms with van der Waals surface area (Å²) in [6.07, 6.45) is 0.774. The predicted molar refractivity (Wildman–Crippen MR) is 76.3 cm³/mol. The van der Waals surface area contributed by atoms with Gasteiger partial charge in [-0.3, -0.25) is 0 Å². The number of anilines is 1. The highest BCUT2D eigenvalue weighted by atomic mass is 32.2. The van der Waals surface area contributed by atoms with Crippen LogP contribution in [0.25, 0.3) is 0 Å². The SMILES string of the molecule is COCCC(C)(C)CNS(=O)(=O)c1ccccc1N. The summed E-state index contributed by atoms with van der Waals surface area (Å²) in [7, 11) is -1.94. The van der Waals surface area contributed by atoms with E-state index in [1.165, 1.54) is 6.07 Å².